The molecule has 26 heavy (non-hydrogen) atoms. The second-order valence-corrected chi connectivity index (χ2v) is 5.92. The Kier molecular flexibility index (Phi) is 5.04. The number of fused-ring (bicyclic) bond motifs is 1. The maximum Gasteiger partial charge on any atom is 0.336 e. The number of methoxy groups -OCH3 is 1. The number of hydrogen-bond acceptors (Lipinski definition) is 5. The first-order valence-corrected chi connectivity index (χ1v) is 8.08. The van der Waals surface area contributed by atoms with Crippen molar-refractivity contribution in [3.63, 3.8) is 0 Å². The van der Waals surface area contributed by atoms with Gasteiger partial charge in [-0.2, -0.15) is 0 Å². The Labute approximate surface area is 150 Å². The molecule has 0 radical (unpaired) electrons. The summed E-state index contributed by atoms with van der Waals surface area (Å²) in [5.74, 6) is -0.273. The van der Waals surface area contributed by atoms with E-state index in [-0.39, 0.29) is 6.61 Å². The van der Waals surface area contributed by atoms with Crippen LogP contribution in [0, 0.1) is 6.92 Å². The number of amides is 1. The van der Waals surface area contributed by atoms with Crippen LogP contribution in [0.1, 0.15) is 5.56 Å². The summed E-state index contributed by atoms with van der Waals surface area (Å²) in [4.78, 5) is 23.5. The zero-order valence-electron chi connectivity index (χ0n) is 14.5. The predicted molar refractivity (Wildman–Crippen MR) is 98.1 cm³/mol. The minimum atomic E-state index is -0.927. The average molecular weight is 353 g/mol. The fourth-order valence-corrected chi connectivity index (χ4v) is 2.80. The summed E-state index contributed by atoms with van der Waals surface area (Å²) >= 11 is 0. The number of carbonyl (C=O) groups is 1. The minimum absolute atomic E-state index is 0.0283. The summed E-state index contributed by atoms with van der Waals surface area (Å²) in [5, 5.41) is 0.772. The molecule has 0 aliphatic carbocycles. The molecule has 1 amide bonds. The Morgan fingerprint density at radius 1 is 1.15 bits per heavy atom. The molecule has 0 aliphatic rings. The SMILES string of the molecule is COC[C@H](Oc1ccc2c(-c3ccccc3C)cc(=O)oc2c1)C(N)=O. The Hall–Kier alpha value is -3.12. The van der Waals surface area contributed by atoms with Gasteiger partial charge in [-0.1, -0.05) is 24.3 Å². The van der Waals surface area contributed by atoms with Crippen LogP contribution in [0.4, 0.5) is 0 Å². The molecule has 2 aromatic carbocycles. The Bertz CT molecular complexity index is 1010. The monoisotopic (exact) mass is 353 g/mol. The van der Waals surface area contributed by atoms with E-state index in [1.165, 1.54) is 13.2 Å². The maximum absolute atomic E-state index is 12.0. The number of primary amides is 1. The Morgan fingerprint density at radius 3 is 2.62 bits per heavy atom. The van der Waals surface area contributed by atoms with Gasteiger partial charge in [0, 0.05) is 30.2 Å². The van der Waals surface area contributed by atoms with E-state index in [0.29, 0.717) is 11.3 Å². The number of rotatable bonds is 6. The van der Waals surface area contributed by atoms with Crippen molar-refractivity contribution in [1.82, 2.24) is 0 Å². The summed E-state index contributed by atoms with van der Waals surface area (Å²) in [6.45, 7) is 2.01. The van der Waals surface area contributed by atoms with Crippen molar-refractivity contribution in [2.45, 2.75) is 13.0 Å². The second kappa shape index (κ2) is 7.41. The highest BCUT2D eigenvalue weighted by Gasteiger charge is 2.18. The molecule has 0 saturated carbocycles. The first-order valence-electron chi connectivity index (χ1n) is 8.08. The van der Waals surface area contributed by atoms with Gasteiger partial charge in [-0.25, -0.2) is 4.79 Å². The van der Waals surface area contributed by atoms with Crippen LogP contribution in [-0.4, -0.2) is 25.7 Å². The van der Waals surface area contributed by atoms with Crippen LogP contribution >= 0.6 is 0 Å². The summed E-state index contributed by atoms with van der Waals surface area (Å²) < 4.78 is 15.8. The van der Waals surface area contributed by atoms with Gasteiger partial charge >= 0.3 is 5.63 Å². The molecule has 0 aliphatic heterocycles. The van der Waals surface area contributed by atoms with Gasteiger partial charge in [0.25, 0.3) is 5.91 Å². The van der Waals surface area contributed by atoms with Crippen LogP contribution in [0.5, 0.6) is 5.75 Å². The summed E-state index contributed by atoms with van der Waals surface area (Å²) in [6.07, 6.45) is -0.927. The smallest absolute Gasteiger partial charge is 0.336 e. The van der Waals surface area contributed by atoms with Gasteiger partial charge in [-0.15, -0.1) is 0 Å². The quantitative estimate of drug-likeness (QED) is 0.688. The molecule has 1 aromatic heterocycles. The molecule has 0 fully saturated rings. The fraction of sp³-hybridized carbons (Fsp3) is 0.200. The van der Waals surface area contributed by atoms with E-state index in [2.05, 4.69) is 0 Å². The second-order valence-electron chi connectivity index (χ2n) is 5.92. The van der Waals surface area contributed by atoms with Crippen molar-refractivity contribution in [2.75, 3.05) is 13.7 Å². The van der Waals surface area contributed by atoms with E-state index in [9.17, 15) is 9.59 Å². The molecule has 3 rings (SSSR count). The first-order chi connectivity index (χ1) is 12.5. The Balaban J connectivity index is 2.08. The Morgan fingerprint density at radius 2 is 1.92 bits per heavy atom. The lowest BCUT2D eigenvalue weighted by atomic mass is 9.98. The molecule has 0 bridgehead atoms. The van der Waals surface area contributed by atoms with Gasteiger partial charge < -0.3 is 19.6 Å². The van der Waals surface area contributed by atoms with Crippen LogP contribution in [0.15, 0.2) is 57.7 Å². The third kappa shape index (κ3) is 3.60. The summed E-state index contributed by atoms with van der Waals surface area (Å²) in [7, 11) is 1.45. The predicted octanol–water partition coefficient (Wildman–Crippen LogP) is 2.65. The van der Waals surface area contributed by atoms with Gasteiger partial charge in [-0.3, -0.25) is 4.79 Å². The number of nitrogens with two attached hydrogens (primary N) is 1. The normalized spacial score (nSPS) is 12.1. The molecule has 6 nitrogen and oxygen atoms in total. The van der Waals surface area contributed by atoms with E-state index in [4.69, 9.17) is 19.6 Å². The molecular formula is C20H19NO5. The molecule has 0 saturated heterocycles. The first kappa shape index (κ1) is 17.7. The molecular weight excluding hydrogens is 334 g/mol. The zero-order chi connectivity index (χ0) is 18.7. The highest BCUT2D eigenvalue weighted by molar-refractivity contribution is 5.94. The van der Waals surface area contributed by atoms with Gasteiger partial charge in [0.1, 0.15) is 11.3 Å². The minimum Gasteiger partial charge on any atom is -0.478 e. The fourth-order valence-electron chi connectivity index (χ4n) is 2.80. The van der Waals surface area contributed by atoms with Crippen LogP contribution in [0.25, 0.3) is 22.1 Å². The summed E-state index contributed by atoms with van der Waals surface area (Å²) in [5.41, 5.74) is 8.00. The number of ether oxygens (including phenoxy) is 2. The van der Waals surface area contributed by atoms with Crippen LogP contribution in [0.2, 0.25) is 0 Å². The van der Waals surface area contributed by atoms with E-state index >= 15 is 0 Å². The topological polar surface area (TPSA) is 91.8 Å². The van der Waals surface area contributed by atoms with Crippen molar-refractivity contribution >= 4 is 16.9 Å². The van der Waals surface area contributed by atoms with Gasteiger partial charge in [0.15, 0.2) is 6.10 Å². The average Bonchev–Trinajstić information content (AvgIpc) is 2.60. The van der Waals surface area contributed by atoms with E-state index in [1.54, 1.807) is 18.2 Å². The number of benzene rings is 2. The molecule has 134 valence electrons. The third-order valence-corrected chi connectivity index (χ3v) is 4.06. The number of aryl methyl sites for hydroxylation is 1. The lowest BCUT2D eigenvalue weighted by molar-refractivity contribution is -0.126. The van der Waals surface area contributed by atoms with Crippen LogP contribution in [0.3, 0.4) is 0 Å². The van der Waals surface area contributed by atoms with Crippen molar-refractivity contribution in [1.29, 1.82) is 0 Å². The van der Waals surface area contributed by atoms with Crippen molar-refractivity contribution in [2.24, 2.45) is 5.73 Å². The molecule has 1 atom stereocenters. The van der Waals surface area contributed by atoms with Crippen molar-refractivity contribution in [3.05, 3.63) is 64.5 Å². The summed E-state index contributed by atoms with van der Waals surface area (Å²) in [6, 6.07) is 14.3. The van der Waals surface area contributed by atoms with E-state index in [0.717, 1.165) is 22.1 Å². The molecule has 0 spiro atoms. The number of carbonyl (C=O) groups excluding carboxylic acids is 1. The molecule has 3 aromatic rings. The highest BCUT2D eigenvalue weighted by Crippen LogP contribution is 2.31. The van der Waals surface area contributed by atoms with E-state index < -0.39 is 17.6 Å². The van der Waals surface area contributed by atoms with Crippen LogP contribution < -0.4 is 16.1 Å². The van der Waals surface area contributed by atoms with Crippen molar-refractivity contribution < 1.29 is 18.7 Å². The largest absolute Gasteiger partial charge is 0.478 e. The van der Waals surface area contributed by atoms with Gasteiger partial charge in [-0.05, 0) is 30.2 Å². The van der Waals surface area contributed by atoms with Crippen molar-refractivity contribution in [3.8, 4) is 16.9 Å². The zero-order valence-corrected chi connectivity index (χ0v) is 14.5. The molecule has 0 unspecified atom stereocenters. The standard InChI is InChI=1S/C20H19NO5/c1-12-5-3-4-6-14(12)16-10-19(22)26-17-9-13(7-8-15(16)17)25-18(11-24-2)20(21)23/h3-10,18H,11H2,1-2H3,(H2,21,23)/t18-/m0/s1. The van der Waals surface area contributed by atoms with Gasteiger partial charge in [0.05, 0.1) is 6.61 Å². The number of hydrogen-bond donors (Lipinski definition) is 1. The van der Waals surface area contributed by atoms with Crippen LogP contribution in [-0.2, 0) is 9.53 Å². The third-order valence-electron chi connectivity index (χ3n) is 4.06. The lowest BCUT2D eigenvalue weighted by Gasteiger charge is -2.15. The molecule has 6 heteroatoms. The lowest BCUT2D eigenvalue weighted by Crippen LogP contribution is -2.37. The molecule has 1 heterocycles. The van der Waals surface area contributed by atoms with Gasteiger partial charge in [0.2, 0.25) is 0 Å². The van der Waals surface area contributed by atoms with E-state index in [1.807, 2.05) is 31.2 Å². The highest BCUT2D eigenvalue weighted by atomic mass is 16.5. The molecule has 2 N–H and O–H groups in total. The maximum atomic E-state index is 12.0.